The molecule has 1 N–H and O–H groups in total. The fraction of sp³-hybridized carbons (Fsp3) is 0.176. The van der Waals surface area contributed by atoms with Crippen molar-refractivity contribution in [2.45, 2.75) is 13.0 Å². The van der Waals surface area contributed by atoms with E-state index in [-0.39, 0.29) is 5.78 Å². The quantitative estimate of drug-likeness (QED) is 0.640. The first kappa shape index (κ1) is 17.7. The van der Waals surface area contributed by atoms with E-state index in [2.05, 4.69) is 4.72 Å². The number of benzene rings is 2. The Labute approximate surface area is 140 Å². The van der Waals surface area contributed by atoms with E-state index < -0.39 is 22.1 Å². The van der Waals surface area contributed by atoms with Gasteiger partial charge in [0.2, 0.25) is 15.8 Å². The van der Waals surface area contributed by atoms with Gasteiger partial charge in [0, 0.05) is 11.3 Å². The molecule has 6 nitrogen and oxygen atoms in total. The smallest absolute Gasteiger partial charge is 0.338 e. The minimum Gasteiger partial charge on any atom is -0.451 e. The molecule has 0 spiro atoms. The standard InChI is InChI=1S/C17H17NO5S/c1-12(23-17(20)14-6-4-3-5-7-14)16(19)13-8-10-15(11-9-13)18-24(2,21)22/h3-12,18H,1-2H3. The van der Waals surface area contributed by atoms with E-state index in [9.17, 15) is 18.0 Å². The molecule has 2 rings (SSSR count). The van der Waals surface area contributed by atoms with Gasteiger partial charge >= 0.3 is 5.97 Å². The molecule has 1 unspecified atom stereocenters. The second kappa shape index (κ2) is 7.27. The number of sulfonamides is 1. The summed E-state index contributed by atoms with van der Waals surface area (Å²) >= 11 is 0. The van der Waals surface area contributed by atoms with Gasteiger partial charge in [-0.3, -0.25) is 9.52 Å². The number of carbonyl (C=O) groups excluding carboxylic acids is 2. The molecule has 0 saturated carbocycles. The van der Waals surface area contributed by atoms with Crippen LogP contribution in [0.1, 0.15) is 27.6 Å². The van der Waals surface area contributed by atoms with E-state index >= 15 is 0 Å². The molecule has 0 saturated heterocycles. The Hall–Kier alpha value is -2.67. The zero-order chi connectivity index (χ0) is 17.7. The van der Waals surface area contributed by atoms with Gasteiger partial charge in [-0.15, -0.1) is 0 Å². The van der Waals surface area contributed by atoms with Crippen molar-refractivity contribution < 1.29 is 22.7 Å². The van der Waals surface area contributed by atoms with Crippen LogP contribution in [0.25, 0.3) is 0 Å². The predicted octanol–water partition coefficient (Wildman–Crippen LogP) is 2.49. The zero-order valence-electron chi connectivity index (χ0n) is 13.2. The van der Waals surface area contributed by atoms with Crippen molar-refractivity contribution in [3.05, 3.63) is 65.7 Å². The topological polar surface area (TPSA) is 89.5 Å². The lowest BCUT2D eigenvalue weighted by Gasteiger charge is -2.13. The summed E-state index contributed by atoms with van der Waals surface area (Å²) in [5.74, 6) is -0.947. The van der Waals surface area contributed by atoms with Gasteiger partial charge < -0.3 is 4.74 Å². The molecule has 7 heteroatoms. The van der Waals surface area contributed by atoms with E-state index in [0.29, 0.717) is 16.8 Å². The van der Waals surface area contributed by atoms with Gasteiger partial charge in [-0.25, -0.2) is 13.2 Å². The molecule has 0 aliphatic rings. The number of nitrogens with one attached hydrogen (secondary N) is 1. The lowest BCUT2D eigenvalue weighted by molar-refractivity contribution is 0.0319. The normalized spacial score (nSPS) is 12.2. The Morgan fingerprint density at radius 3 is 2.08 bits per heavy atom. The number of rotatable bonds is 6. The molecule has 0 bridgehead atoms. The first-order valence-electron chi connectivity index (χ1n) is 7.14. The van der Waals surface area contributed by atoms with Crippen molar-refractivity contribution in [2.24, 2.45) is 0 Å². The van der Waals surface area contributed by atoms with Gasteiger partial charge in [0.25, 0.3) is 0 Å². The maximum Gasteiger partial charge on any atom is 0.338 e. The highest BCUT2D eigenvalue weighted by molar-refractivity contribution is 7.92. The van der Waals surface area contributed by atoms with E-state index in [4.69, 9.17) is 4.74 Å². The van der Waals surface area contributed by atoms with E-state index in [0.717, 1.165) is 6.26 Å². The van der Waals surface area contributed by atoms with Crippen molar-refractivity contribution in [3.8, 4) is 0 Å². The fourth-order valence-electron chi connectivity index (χ4n) is 2.01. The fourth-order valence-corrected chi connectivity index (χ4v) is 2.57. The molecule has 2 aromatic rings. The van der Waals surface area contributed by atoms with E-state index in [1.54, 1.807) is 30.3 Å². The average Bonchev–Trinajstić information content (AvgIpc) is 2.54. The van der Waals surface area contributed by atoms with E-state index in [1.165, 1.54) is 31.2 Å². The summed E-state index contributed by atoms with van der Waals surface area (Å²) in [5, 5.41) is 0. The number of anilines is 1. The molecule has 0 fully saturated rings. The average molecular weight is 347 g/mol. The van der Waals surface area contributed by atoms with Crippen molar-refractivity contribution in [1.82, 2.24) is 0 Å². The monoisotopic (exact) mass is 347 g/mol. The maximum atomic E-state index is 12.3. The van der Waals surface area contributed by atoms with Crippen LogP contribution in [0.3, 0.4) is 0 Å². The Kier molecular flexibility index (Phi) is 5.35. The molecular weight excluding hydrogens is 330 g/mol. The third-order valence-electron chi connectivity index (χ3n) is 3.14. The van der Waals surface area contributed by atoms with Crippen LogP contribution < -0.4 is 4.72 Å². The van der Waals surface area contributed by atoms with Crippen LogP contribution in [-0.4, -0.2) is 32.5 Å². The van der Waals surface area contributed by atoms with Gasteiger partial charge in [0.1, 0.15) is 0 Å². The minimum absolute atomic E-state index is 0.322. The molecule has 0 heterocycles. The number of esters is 1. The molecule has 0 aliphatic heterocycles. The lowest BCUT2D eigenvalue weighted by atomic mass is 10.1. The van der Waals surface area contributed by atoms with Crippen LogP contribution in [0.4, 0.5) is 5.69 Å². The SMILES string of the molecule is CC(OC(=O)c1ccccc1)C(=O)c1ccc(NS(C)(=O)=O)cc1. The number of carbonyl (C=O) groups is 2. The van der Waals surface area contributed by atoms with Crippen molar-refractivity contribution in [1.29, 1.82) is 0 Å². The van der Waals surface area contributed by atoms with Gasteiger partial charge in [-0.05, 0) is 43.3 Å². The highest BCUT2D eigenvalue weighted by Crippen LogP contribution is 2.14. The predicted molar refractivity (Wildman–Crippen MR) is 90.6 cm³/mol. The summed E-state index contributed by atoms with van der Waals surface area (Å²) in [5.41, 5.74) is 1.04. The summed E-state index contributed by atoms with van der Waals surface area (Å²) in [6.45, 7) is 1.49. The molecule has 2 aromatic carbocycles. The van der Waals surface area contributed by atoms with Gasteiger partial charge in [0.15, 0.2) is 6.10 Å². The van der Waals surface area contributed by atoms with Crippen LogP contribution in [0.15, 0.2) is 54.6 Å². The molecule has 1 atom stereocenters. The molecule has 0 aliphatic carbocycles. The second-order valence-electron chi connectivity index (χ2n) is 5.23. The highest BCUT2D eigenvalue weighted by Gasteiger charge is 2.20. The largest absolute Gasteiger partial charge is 0.451 e. The number of Topliss-reactive ketones (excluding diaryl/α,β-unsaturated/α-hetero) is 1. The zero-order valence-corrected chi connectivity index (χ0v) is 14.0. The number of ether oxygens (including phenoxy) is 1. The molecule has 24 heavy (non-hydrogen) atoms. The van der Waals surface area contributed by atoms with Crippen molar-refractivity contribution >= 4 is 27.5 Å². The number of hydrogen-bond donors (Lipinski definition) is 1. The van der Waals surface area contributed by atoms with Crippen LogP contribution in [-0.2, 0) is 14.8 Å². The van der Waals surface area contributed by atoms with Gasteiger partial charge in [-0.1, -0.05) is 18.2 Å². The Morgan fingerprint density at radius 1 is 0.958 bits per heavy atom. The number of ketones is 1. The molecular formula is C17H17NO5S. The third-order valence-corrected chi connectivity index (χ3v) is 3.74. The Bertz CT molecular complexity index is 829. The van der Waals surface area contributed by atoms with Crippen LogP contribution >= 0.6 is 0 Å². The summed E-state index contributed by atoms with van der Waals surface area (Å²) in [7, 11) is -3.38. The van der Waals surface area contributed by atoms with Crippen LogP contribution in [0, 0.1) is 0 Å². The summed E-state index contributed by atoms with van der Waals surface area (Å²) in [4.78, 5) is 24.2. The Balaban J connectivity index is 2.04. The molecule has 0 amide bonds. The number of hydrogen-bond acceptors (Lipinski definition) is 5. The van der Waals surface area contributed by atoms with Gasteiger partial charge in [0.05, 0.1) is 11.8 Å². The molecule has 126 valence electrons. The van der Waals surface area contributed by atoms with Crippen LogP contribution in [0.2, 0.25) is 0 Å². The summed E-state index contributed by atoms with van der Waals surface area (Å²) in [6.07, 6.45) is 0.0865. The third kappa shape index (κ3) is 4.92. The first-order valence-corrected chi connectivity index (χ1v) is 9.03. The van der Waals surface area contributed by atoms with E-state index in [1.807, 2.05) is 0 Å². The molecule has 0 radical (unpaired) electrons. The van der Waals surface area contributed by atoms with Crippen molar-refractivity contribution in [3.63, 3.8) is 0 Å². The van der Waals surface area contributed by atoms with Crippen molar-refractivity contribution in [2.75, 3.05) is 11.0 Å². The lowest BCUT2D eigenvalue weighted by Crippen LogP contribution is -2.24. The Morgan fingerprint density at radius 2 is 1.54 bits per heavy atom. The highest BCUT2D eigenvalue weighted by atomic mass is 32.2. The maximum absolute atomic E-state index is 12.3. The summed E-state index contributed by atoms with van der Waals surface area (Å²) < 4.78 is 29.8. The van der Waals surface area contributed by atoms with Crippen LogP contribution in [0.5, 0.6) is 0 Å². The van der Waals surface area contributed by atoms with Gasteiger partial charge in [-0.2, -0.15) is 0 Å². The molecule has 0 aromatic heterocycles. The second-order valence-corrected chi connectivity index (χ2v) is 6.98. The summed E-state index contributed by atoms with van der Waals surface area (Å²) in [6, 6.07) is 14.3. The first-order chi connectivity index (χ1) is 11.3. The minimum atomic E-state index is -3.38.